The van der Waals surface area contributed by atoms with Gasteiger partial charge < -0.3 is 5.73 Å². The zero-order valence-corrected chi connectivity index (χ0v) is 12.9. The number of hydrogen-bond acceptors (Lipinski definition) is 3. The van der Waals surface area contributed by atoms with E-state index in [-0.39, 0.29) is 29.4 Å². The second-order valence-corrected chi connectivity index (χ2v) is 6.83. The van der Waals surface area contributed by atoms with E-state index in [1.807, 2.05) is 0 Å². The van der Waals surface area contributed by atoms with Crippen LogP contribution in [0.3, 0.4) is 0 Å². The highest BCUT2D eigenvalue weighted by molar-refractivity contribution is 7.89. The van der Waals surface area contributed by atoms with E-state index in [2.05, 4.69) is 4.72 Å². The van der Waals surface area contributed by atoms with E-state index in [4.69, 9.17) is 5.73 Å². The standard InChI is InChI=1S/C13H19FN2O2S.ClH/c1-9-8-10(14)2-7-13(9)19(17,18)16-12-5-3-11(15)4-6-12;/h2,7-8,11-12,16H,3-6,15H2,1H3;1H. The van der Waals surface area contributed by atoms with Crippen LogP contribution in [0.2, 0.25) is 0 Å². The molecule has 0 aromatic heterocycles. The summed E-state index contributed by atoms with van der Waals surface area (Å²) in [6.07, 6.45) is 3.16. The molecule has 0 aliphatic heterocycles. The monoisotopic (exact) mass is 322 g/mol. The van der Waals surface area contributed by atoms with Crippen LogP contribution in [0.25, 0.3) is 0 Å². The summed E-state index contributed by atoms with van der Waals surface area (Å²) < 4.78 is 40.2. The fourth-order valence-electron chi connectivity index (χ4n) is 2.43. The molecule has 1 saturated carbocycles. The number of hydrogen-bond donors (Lipinski definition) is 2. The van der Waals surface area contributed by atoms with Crippen LogP contribution < -0.4 is 10.5 Å². The average Bonchev–Trinajstić information content (AvgIpc) is 2.31. The highest BCUT2D eigenvalue weighted by Gasteiger charge is 2.25. The Hall–Kier alpha value is -0.690. The fourth-order valence-corrected chi connectivity index (χ4v) is 3.97. The number of halogens is 2. The quantitative estimate of drug-likeness (QED) is 0.895. The van der Waals surface area contributed by atoms with Crippen molar-refractivity contribution in [3.8, 4) is 0 Å². The van der Waals surface area contributed by atoms with Gasteiger partial charge in [-0.3, -0.25) is 0 Å². The van der Waals surface area contributed by atoms with Gasteiger partial charge in [0.25, 0.3) is 0 Å². The van der Waals surface area contributed by atoms with E-state index in [0.717, 1.165) is 25.7 Å². The van der Waals surface area contributed by atoms with Gasteiger partial charge >= 0.3 is 0 Å². The predicted octanol–water partition coefficient (Wildman–Crippen LogP) is 2.10. The van der Waals surface area contributed by atoms with Gasteiger partial charge in [-0.15, -0.1) is 12.4 Å². The molecule has 20 heavy (non-hydrogen) atoms. The molecule has 1 aliphatic rings. The summed E-state index contributed by atoms with van der Waals surface area (Å²) in [4.78, 5) is 0.142. The van der Waals surface area contributed by atoms with Gasteiger partial charge in [0.05, 0.1) is 4.90 Å². The Balaban J connectivity index is 0.00000200. The molecule has 1 fully saturated rings. The minimum Gasteiger partial charge on any atom is -0.328 e. The Morgan fingerprint density at radius 1 is 1.25 bits per heavy atom. The maximum Gasteiger partial charge on any atom is 0.241 e. The Kier molecular flexibility index (Phi) is 5.94. The number of sulfonamides is 1. The first-order valence-corrected chi connectivity index (χ1v) is 7.91. The minimum atomic E-state index is -3.58. The molecule has 7 heteroatoms. The molecule has 1 aromatic carbocycles. The molecule has 4 nitrogen and oxygen atoms in total. The maximum absolute atomic E-state index is 13.0. The second-order valence-electron chi connectivity index (χ2n) is 5.14. The van der Waals surface area contributed by atoms with Gasteiger partial charge in [-0.2, -0.15) is 0 Å². The van der Waals surface area contributed by atoms with Crippen molar-refractivity contribution in [1.82, 2.24) is 4.72 Å². The van der Waals surface area contributed by atoms with Gasteiger partial charge in [-0.1, -0.05) is 0 Å². The molecule has 0 radical (unpaired) electrons. The lowest BCUT2D eigenvalue weighted by atomic mass is 9.93. The Bertz CT molecular complexity index is 557. The van der Waals surface area contributed by atoms with Crippen molar-refractivity contribution < 1.29 is 12.8 Å². The maximum atomic E-state index is 13.0. The number of nitrogens with one attached hydrogen (secondary N) is 1. The Labute approximate surface area is 125 Å². The largest absolute Gasteiger partial charge is 0.328 e. The van der Waals surface area contributed by atoms with Gasteiger partial charge in [0.2, 0.25) is 10.0 Å². The fraction of sp³-hybridized carbons (Fsp3) is 0.538. The van der Waals surface area contributed by atoms with Crippen molar-refractivity contribution in [2.45, 2.75) is 49.6 Å². The summed E-state index contributed by atoms with van der Waals surface area (Å²) in [5, 5.41) is 0. The highest BCUT2D eigenvalue weighted by Crippen LogP contribution is 2.21. The van der Waals surface area contributed by atoms with Crippen LogP contribution in [-0.2, 0) is 10.0 Å². The first-order chi connectivity index (χ1) is 8.88. The molecule has 0 saturated heterocycles. The highest BCUT2D eigenvalue weighted by atomic mass is 35.5. The van der Waals surface area contributed by atoms with Crippen molar-refractivity contribution in [1.29, 1.82) is 0 Å². The molecule has 1 aliphatic carbocycles. The van der Waals surface area contributed by atoms with Crippen LogP contribution in [-0.4, -0.2) is 20.5 Å². The van der Waals surface area contributed by atoms with Crippen molar-refractivity contribution >= 4 is 22.4 Å². The lowest BCUT2D eigenvalue weighted by molar-refractivity contribution is 0.373. The van der Waals surface area contributed by atoms with E-state index in [0.29, 0.717) is 5.56 Å². The molecule has 0 bridgehead atoms. The summed E-state index contributed by atoms with van der Waals surface area (Å²) in [6.45, 7) is 1.59. The van der Waals surface area contributed by atoms with E-state index >= 15 is 0 Å². The van der Waals surface area contributed by atoms with Crippen LogP contribution in [0.1, 0.15) is 31.2 Å². The molecule has 3 N–H and O–H groups in total. The van der Waals surface area contributed by atoms with Crippen LogP contribution in [0.4, 0.5) is 4.39 Å². The lowest BCUT2D eigenvalue weighted by Crippen LogP contribution is -2.40. The number of aryl methyl sites for hydroxylation is 1. The van der Waals surface area contributed by atoms with Gasteiger partial charge in [-0.05, 0) is 56.4 Å². The van der Waals surface area contributed by atoms with Gasteiger partial charge in [0.15, 0.2) is 0 Å². The summed E-state index contributed by atoms with van der Waals surface area (Å²) in [6, 6.07) is 3.80. The molecular formula is C13H20ClFN2O2S. The number of rotatable bonds is 3. The lowest BCUT2D eigenvalue weighted by Gasteiger charge is -2.26. The summed E-state index contributed by atoms with van der Waals surface area (Å²) >= 11 is 0. The van der Waals surface area contributed by atoms with E-state index in [1.54, 1.807) is 6.92 Å². The van der Waals surface area contributed by atoms with Crippen molar-refractivity contribution in [2.24, 2.45) is 5.73 Å². The van der Waals surface area contributed by atoms with Crippen LogP contribution >= 0.6 is 12.4 Å². The zero-order valence-electron chi connectivity index (χ0n) is 11.3. The molecule has 0 amide bonds. The molecule has 0 unspecified atom stereocenters. The average molecular weight is 323 g/mol. The molecule has 0 atom stereocenters. The smallest absolute Gasteiger partial charge is 0.241 e. The molecular weight excluding hydrogens is 303 g/mol. The van der Waals surface area contributed by atoms with Crippen LogP contribution in [0.15, 0.2) is 23.1 Å². The van der Waals surface area contributed by atoms with E-state index < -0.39 is 15.8 Å². The first kappa shape index (κ1) is 17.4. The van der Waals surface area contributed by atoms with Crippen molar-refractivity contribution in [3.05, 3.63) is 29.6 Å². The number of nitrogens with two attached hydrogens (primary N) is 1. The van der Waals surface area contributed by atoms with Crippen LogP contribution in [0, 0.1) is 12.7 Å². The first-order valence-electron chi connectivity index (χ1n) is 6.42. The van der Waals surface area contributed by atoms with Crippen molar-refractivity contribution in [3.63, 3.8) is 0 Å². The zero-order chi connectivity index (χ0) is 14.0. The Morgan fingerprint density at radius 3 is 2.40 bits per heavy atom. The molecule has 1 aromatic rings. The molecule has 2 rings (SSSR count). The van der Waals surface area contributed by atoms with E-state index in [1.165, 1.54) is 18.2 Å². The SMILES string of the molecule is Cc1cc(F)ccc1S(=O)(=O)NC1CCC(N)CC1.Cl. The van der Waals surface area contributed by atoms with Crippen LogP contribution in [0.5, 0.6) is 0 Å². The Morgan fingerprint density at radius 2 is 1.85 bits per heavy atom. The predicted molar refractivity (Wildman–Crippen MR) is 78.9 cm³/mol. The normalized spacial score (nSPS) is 23.1. The third-order valence-corrected chi connectivity index (χ3v) is 5.20. The molecule has 114 valence electrons. The van der Waals surface area contributed by atoms with Gasteiger partial charge in [-0.25, -0.2) is 17.5 Å². The number of benzene rings is 1. The topological polar surface area (TPSA) is 72.2 Å². The second kappa shape index (κ2) is 6.85. The summed E-state index contributed by atoms with van der Waals surface area (Å²) in [5.41, 5.74) is 6.21. The molecule has 0 heterocycles. The third-order valence-electron chi connectivity index (χ3n) is 3.52. The van der Waals surface area contributed by atoms with E-state index in [9.17, 15) is 12.8 Å². The molecule has 0 spiro atoms. The van der Waals surface area contributed by atoms with Gasteiger partial charge in [0.1, 0.15) is 5.82 Å². The summed E-state index contributed by atoms with van der Waals surface area (Å²) in [5.74, 6) is -0.430. The summed E-state index contributed by atoms with van der Waals surface area (Å²) in [7, 11) is -3.58. The minimum absolute atomic E-state index is 0. The third kappa shape index (κ3) is 4.15. The van der Waals surface area contributed by atoms with Gasteiger partial charge in [0, 0.05) is 12.1 Å². The van der Waals surface area contributed by atoms with Crippen molar-refractivity contribution in [2.75, 3.05) is 0 Å².